The summed E-state index contributed by atoms with van der Waals surface area (Å²) in [5.74, 6) is 1.000. The zero-order valence-electron chi connectivity index (χ0n) is 11.5. The Hall–Kier alpha value is -0.0800. The summed E-state index contributed by atoms with van der Waals surface area (Å²) < 4.78 is 0. The van der Waals surface area contributed by atoms with E-state index in [1.54, 1.807) is 0 Å². The molecule has 0 radical (unpaired) electrons. The summed E-state index contributed by atoms with van der Waals surface area (Å²) >= 11 is 0. The molecule has 1 aliphatic rings. The SMILES string of the molecule is CCNC(CCN(C)C)CC1CCCCC1. The van der Waals surface area contributed by atoms with E-state index in [2.05, 4.69) is 31.2 Å². The van der Waals surface area contributed by atoms with Gasteiger partial charge in [-0.1, -0.05) is 39.0 Å². The molecule has 2 heteroatoms. The molecule has 1 saturated carbocycles. The van der Waals surface area contributed by atoms with Crippen LogP contribution in [0.5, 0.6) is 0 Å². The van der Waals surface area contributed by atoms with Gasteiger partial charge in [-0.2, -0.15) is 0 Å². The van der Waals surface area contributed by atoms with Crippen molar-refractivity contribution in [1.82, 2.24) is 10.2 Å². The Bertz CT molecular complexity index is 162. The van der Waals surface area contributed by atoms with E-state index >= 15 is 0 Å². The molecule has 1 N–H and O–H groups in total. The summed E-state index contributed by atoms with van der Waals surface area (Å²) in [5, 5.41) is 3.66. The van der Waals surface area contributed by atoms with Crippen molar-refractivity contribution in [3.05, 3.63) is 0 Å². The largest absolute Gasteiger partial charge is 0.314 e. The molecule has 1 atom stereocenters. The minimum atomic E-state index is 0.746. The highest BCUT2D eigenvalue weighted by Gasteiger charge is 2.18. The van der Waals surface area contributed by atoms with Gasteiger partial charge in [0.2, 0.25) is 0 Å². The Balaban J connectivity index is 2.25. The van der Waals surface area contributed by atoms with Crippen molar-refractivity contribution in [2.24, 2.45) is 5.92 Å². The molecule has 0 aliphatic heterocycles. The summed E-state index contributed by atoms with van der Waals surface area (Å²) in [4.78, 5) is 2.30. The summed E-state index contributed by atoms with van der Waals surface area (Å²) in [6, 6.07) is 0.746. The first-order chi connectivity index (χ1) is 7.72. The second-order valence-electron chi connectivity index (χ2n) is 5.59. The molecule has 0 saturated heterocycles. The highest BCUT2D eigenvalue weighted by atomic mass is 15.1. The molecule has 0 aromatic carbocycles. The smallest absolute Gasteiger partial charge is 0.00817 e. The highest BCUT2D eigenvalue weighted by molar-refractivity contribution is 4.75. The number of nitrogens with zero attached hydrogens (tertiary/aromatic N) is 1. The van der Waals surface area contributed by atoms with Crippen LogP contribution >= 0.6 is 0 Å². The number of nitrogens with one attached hydrogen (secondary N) is 1. The Morgan fingerprint density at radius 1 is 1.19 bits per heavy atom. The van der Waals surface area contributed by atoms with Gasteiger partial charge in [0.1, 0.15) is 0 Å². The molecule has 0 aromatic heterocycles. The van der Waals surface area contributed by atoms with Crippen molar-refractivity contribution in [3.63, 3.8) is 0 Å². The molecule has 0 amide bonds. The molecule has 1 unspecified atom stereocenters. The molecule has 1 rings (SSSR count). The molecule has 0 heterocycles. The average Bonchev–Trinajstić information content (AvgIpc) is 2.27. The first-order valence-corrected chi connectivity index (χ1v) is 7.10. The van der Waals surface area contributed by atoms with Crippen LogP contribution in [-0.4, -0.2) is 38.1 Å². The van der Waals surface area contributed by atoms with Gasteiger partial charge < -0.3 is 10.2 Å². The maximum absolute atomic E-state index is 3.66. The lowest BCUT2D eigenvalue weighted by Gasteiger charge is -2.27. The molecule has 1 fully saturated rings. The molecule has 0 aromatic rings. The molecule has 1 aliphatic carbocycles. The van der Waals surface area contributed by atoms with Gasteiger partial charge in [0, 0.05) is 6.04 Å². The van der Waals surface area contributed by atoms with Gasteiger partial charge in [-0.15, -0.1) is 0 Å². The van der Waals surface area contributed by atoms with Gasteiger partial charge in [0.25, 0.3) is 0 Å². The fraction of sp³-hybridized carbons (Fsp3) is 1.00. The summed E-state index contributed by atoms with van der Waals surface area (Å²) in [5.41, 5.74) is 0. The zero-order valence-corrected chi connectivity index (χ0v) is 11.5. The summed E-state index contributed by atoms with van der Waals surface area (Å²) in [6.07, 6.45) is 10.1. The Labute approximate surface area is 102 Å². The van der Waals surface area contributed by atoms with Gasteiger partial charge in [-0.05, 0) is 45.9 Å². The predicted molar refractivity (Wildman–Crippen MR) is 71.8 cm³/mol. The third-order valence-corrected chi connectivity index (χ3v) is 3.76. The van der Waals surface area contributed by atoms with Crippen LogP contribution in [0.4, 0.5) is 0 Å². The van der Waals surface area contributed by atoms with Crippen LogP contribution in [0.15, 0.2) is 0 Å². The van der Waals surface area contributed by atoms with Crippen molar-refractivity contribution < 1.29 is 0 Å². The van der Waals surface area contributed by atoms with Gasteiger partial charge >= 0.3 is 0 Å². The number of hydrogen-bond acceptors (Lipinski definition) is 2. The molecule has 16 heavy (non-hydrogen) atoms. The summed E-state index contributed by atoms with van der Waals surface area (Å²) in [6.45, 7) is 4.55. The molecular formula is C14H30N2. The molecule has 96 valence electrons. The second-order valence-corrected chi connectivity index (χ2v) is 5.59. The lowest BCUT2D eigenvalue weighted by Crippen LogP contribution is -2.34. The Kier molecular flexibility index (Phi) is 7.06. The number of hydrogen-bond donors (Lipinski definition) is 1. The maximum atomic E-state index is 3.66. The molecule has 0 bridgehead atoms. The fourth-order valence-electron chi connectivity index (χ4n) is 2.83. The van der Waals surface area contributed by atoms with E-state index in [0.29, 0.717) is 0 Å². The minimum absolute atomic E-state index is 0.746. The van der Waals surface area contributed by atoms with Crippen LogP contribution in [0.2, 0.25) is 0 Å². The van der Waals surface area contributed by atoms with Crippen molar-refractivity contribution in [3.8, 4) is 0 Å². The molecule has 0 spiro atoms. The number of rotatable bonds is 7. The van der Waals surface area contributed by atoms with E-state index in [-0.39, 0.29) is 0 Å². The van der Waals surface area contributed by atoms with Crippen LogP contribution in [0.1, 0.15) is 51.9 Å². The second kappa shape index (κ2) is 8.08. The van der Waals surface area contributed by atoms with Crippen LogP contribution < -0.4 is 5.32 Å². The first kappa shape index (κ1) is 14.0. The van der Waals surface area contributed by atoms with E-state index in [9.17, 15) is 0 Å². The van der Waals surface area contributed by atoms with E-state index < -0.39 is 0 Å². The van der Waals surface area contributed by atoms with Crippen molar-refractivity contribution >= 4 is 0 Å². The van der Waals surface area contributed by atoms with Crippen molar-refractivity contribution in [2.45, 2.75) is 57.9 Å². The normalized spacial score (nSPS) is 20.2. The highest BCUT2D eigenvalue weighted by Crippen LogP contribution is 2.27. The van der Waals surface area contributed by atoms with Gasteiger partial charge in [-0.25, -0.2) is 0 Å². The van der Waals surface area contributed by atoms with Gasteiger partial charge in [0.05, 0.1) is 0 Å². The topological polar surface area (TPSA) is 15.3 Å². The van der Waals surface area contributed by atoms with Gasteiger partial charge in [0.15, 0.2) is 0 Å². The van der Waals surface area contributed by atoms with Crippen LogP contribution in [0.25, 0.3) is 0 Å². The van der Waals surface area contributed by atoms with E-state index in [1.165, 1.54) is 51.5 Å². The Morgan fingerprint density at radius 2 is 1.88 bits per heavy atom. The lowest BCUT2D eigenvalue weighted by molar-refractivity contribution is 0.276. The van der Waals surface area contributed by atoms with Crippen molar-refractivity contribution in [1.29, 1.82) is 0 Å². The maximum Gasteiger partial charge on any atom is 0.00817 e. The molecular weight excluding hydrogens is 196 g/mol. The first-order valence-electron chi connectivity index (χ1n) is 7.10. The van der Waals surface area contributed by atoms with Gasteiger partial charge in [-0.3, -0.25) is 0 Å². The standard InChI is InChI=1S/C14H30N2/c1-4-15-14(10-11-16(2)3)12-13-8-6-5-7-9-13/h13-15H,4-12H2,1-3H3. The minimum Gasteiger partial charge on any atom is -0.314 e. The summed E-state index contributed by atoms with van der Waals surface area (Å²) in [7, 11) is 4.34. The van der Waals surface area contributed by atoms with Crippen molar-refractivity contribution in [2.75, 3.05) is 27.2 Å². The third kappa shape index (κ3) is 5.86. The zero-order chi connectivity index (χ0) is 11.8. The lowest BCUT2D eigenvalue weighted by atomic mass is 9.84. The van der Waals surface area contributed by atoms with E-state index in [0.717, 1.165) is 18.5 Å². The monoisotopic (exact) mass is 226 g/mol. The van der Waals surface area contributed by atoms with Crippen LogP contribution in [0, 0.1) is 5.92 Å². The average molecular weight is 226 g/mol. The molecule has 2 nitrogen and oxygen atoms in total. The van der Waals surface area contributed by atoms with Crippen LogP contribution in [0.3, 0.4) is 0 Å². The van der Waals surface area contributed by atoms with E-state index in [4.69, 9.17) is 0 Å². The van der Waals surface area contributed by atoms with Crippen LogP contribution in [-0.2, 0) is 0 Å². The predicted octanol–water partition coefficient (Wildman–Crippen LogP) is 2.89. The quantitative estimate of drug-likeness (QED) is 0.718. The Morgan fingerprint density at radius 3 is 2.44 bits per heavy atom. The fourth-order valence-corrected chi connectivity index (χ4v) is 2.83. The third-order valence-electron chi connectivity index (χ3n) is 3.76. The van der Waals surface area contributed by atoms with E-state index in [1.807, 2.05) is 0 Å².